The number of imidazole rings is 1. The first-order valence-corrected chi connectivity index (χ1v) is 11.5. The van der Waals surface area contributed by atoms with Crippen LogP contribution in [0.4, 0.5) is 5.13 Å². The normalized spacial score (nSPS) is 11.5. The van der Waals surface area contributed by atoms with Gasteiger partial charge in [0.1, 0.15) is 5.82 Å². The number of aromatic amines is 1. The molecule has 0 aliphatic heterocycles. The average Bonchev–Trinajstić information content (AvgIpc) is 3.39. The van der Waals surface area contributed by atoms with Gasteiger partial charge < -0.3 is 4.98 Å². The van der Waals surface area contributed by atoms with E-state index in [0.717, 1.165) is 29.9 Å². The lowest BCUT2D eigenvalue weighted by Crippen LogP contribution is -2.12. The van der Waals surface area contributed by atoms with Gasteiger partial charge in [0, 0.05) is 29.0 Å². The molecule has 0 bridgehead atoms. The van der Waals surface area contributed by atoms with Crippen molar-refractivity contribution in [3.05, 3.63) is 83.1 Å². The largest absolute Gasteiger partial charge is 0.342 e. The summed E-state index contributed by atoms with van der Waals surface area (Å²) in [5.41, 5.74) is 4.49. The molecule has 0 aliphatic carbocycles. The van der Waals surface area contributed by atoms with Gasteiger partial charge in [0.05, 0.1) is 4.90 Å². The highest BCUT2D eigenvalue weighted by Crippen LogP contribution is 2.22. The molecular formula is C21H20N4O2S2. The first-order chi connectivity index (χ1) is 14.0. The lowest BCUT2D eigenvalue weighted by Gasteiger charge is -2.06. The summed E-state index contributed by atoms with van der Waals surface area (Å²) in [5.74, 6) is 0.724. The van der Waals surface area contributed by atoms with Gasteiger partial charge in [0.25, 0.3) is 10.0 Å². The van der Waals surface area contributed by atoms with E-state index in [4.69, 9.17) is 0 Å². The molecule has 0 unspecified atom stereocenters. The van der Waals surface area contributed by atoms with E-state index in [-0.39, 0.29) is 4.90 Å². The number of nitrogens with zero attached hydrogens (tertiary/aromatic N) is 2. The Kier molecular flexibility index (Phi) is 5.46. The van der Waals surface area contributed by atoms with Gasteiger partial charge in [0.15, 0.2) is 5.13 Å². The van der Waals surface area contributed by atoms with Gasteiger partial charge in [-0.2, -0.15) is 0 Å². The predicted molar refractivity (Wildman–Crippen MR) is 116 cm³/mol. The van der Waals surface area contributed by atoms with Crippen molar-refractivity contribution in [3.63, 3.8) is 0 Å². The van der Waals surface area contributed by atoms with Crippen LogP contribution in [-0.4, -0.2) is 23.4 Å². The third kappa shape index (κ3) is 4.55. The second-order valence-corrected chi connectivity index (χ2v) is 9.23. The SMILES string of the molecule is Cc1ccccc1CCc1cnc(-c2ccc(S(=O)(=O)Nc3nccs3)cc2)[nH]1. The fraction of sp³-hybridized carbons (Fsp3) is 0.143. The van der Waals surface area contributed by atoms with E-state index in [1.54, 1.807) is 35.8 Å². The monoisotopic (exact) mass is 424 g/mol. The molecule has 2 heterocycles. The van der Waals surface area contributed by atoms with Crippen LogP contribution in [0.25, 0.3) is 11.4 Å². The summed E-state index contributed by atoms with van der Waals surface area (Å²) < 4.78 is 27.3. The van der Waals surface area contributed by atoms with Crippen LogP contribution in [0.1, 0.15) is 16.8 Å². The zero-order valence-electron chi connectivity index (χ0n) is 15.8. The third-order valence-electron chi connectivity index (χ3n) is 4.65. The maximum Gasteiger partial charge on any atom is 0.263 e. The Labute approximate surface area is 173 Å². The summed E-state index contributed by atoms with van der Waals surface area (Å²) in [5, 5.41) is 2.06. The smallest absolute Gasteiger partial charge is 0.263 e. The molecule has 0 radical (unpaired) electrons. The number of aryl methyl sites for hydroxylation is 3. The van der Waals surface area contributed by atoms with Crippen LogP contribution < -0.4 is 4.72 Å². The van der Waals surface area contributed by atoms with E-state index in [1.165, 1.54) is 22.5 Å². The number of benzene rings is 2. The topological polar surface area (TPSA) is 87.7 Å². The van der Waals surface area contributed by atoms with Crippen LogP contribution in [0.2, 0.25) is 0 Å². The van der Waals surface area contributed by atoms with E-state index in [0.29, 0.717) is 5.13 Å². The zero-order chi connectivity index (χ0) is 20.3. The molecule has 0 saturated carbocycles. The molecule has 4 rings (SSSR count). The van der Waals surface area contributed by atoms with Crippen molar-refractivity contribution in [3.8, 4) is 11.4 Å². The second-order valence-electron chi connectivity index (χ2n) is 6.65. The minimum absolute atomic E-state index is 0.183. The Morgan fingerprint density at radius 3 is 2.55 bits per heavy atom. The number of sulfonamides is 1. The number of H-pyrrole nitrogens is 1. The maximum atomic E-state index is 12.4. The lowest BCUT2D eigenvalue weighted by molar-refractivity contribution is 0.601. The van der Waals surface area contributed by atoms with Gasteiger partial charge in [-0.25, -0.2) is 18.4 Å². The van der Waals surface area contributed by atoms with Crippen LogP contribution in [0, 0.1) is 6.92 Å². The third-order valence-corrected chi connectivity index (χ3v) is 6.82. The number of anilines is 1. The van der Waals surface area contributed by atoms with Gasteiger partial charge >= 0.3 is 0 Å². The number of thiazole rings is 1. The molecule has 29 heavy (non-hydrogen) atoms. The molecule has 0 aliphatic rings. The molecule has 4 aromatic rings. The summed E-state index contributed by atoms with van der Waals surface area (Å²) in [7, 11) is -3.65. The quantitative estimate of drug-likeness (QED) is 0.459. The Bertz CT molecular complexity index is 1200. The highest BCUT2D eigenvalue weighted by Gasteiger charge is 2.16. The second kappa shape index (κ2) is 8.18. The molecule has 2 aromatic carbocycles. The minimum Gasteiger partial charge on any atom is -0.342 e. The number of nitrogens with one attached hydrogen (secondary N) is 2. The number of rotatable bonds is 7. The summed E-state index contributed by atoms with van der Waals surface area (Å²) >= 11 is 1.23. The van der Waals surface area contributed by atoms with Gasteiger partial charge in [-0.15, -0.1) is 11.3 Å². The lowest BCUT2D eigenvalue weighted by atomic mass is 10.0. The molecule has 0 spiro atoms. The number of hydrogen-bond acceptors (Lipinski definition) is 5. The molecular weight excluding hydrogens is 404 g/mol. The highest BCUT2D eigenvalue weighted by atomic mass is 32.2. The van der Waals surface area contributed by atoms with Gasteiger partial charge in [-0.05, 0) is 55.2 Å². The van der Waals surface area contributed by atoms with Crippen LogP contribution >= 0.6 is 11.3 Å². The first-order valence-electron chi connectivity index (χ1n) is 9.12. The molecule has 2 aromatic heterocycles. The van der Waals surface area contributed by atoms with Gasteiger partial charge in [-0.1, -0.05) is 24.3 Å². The fourth-order valence-corrected chi connectivity index (χ4v) is 4.82. The van der Waals surface area contributed by atoms with Crippen molar-refractivity contribution in [1.29, 1.82) is 0 Å². The summed E-state index contributed by atoms with van der Waals surface area (Å²) in [6.45, 7) is 2.12. The van der Waals surface area contributed by atoms with E-state index >= 15 is 0 Å². The van der Waals surface area contributed by atoms with Crippen molar-refractivity contribution < 1.29 is 8.42 Å². The molecule has 8 heteroatoms. The van der Waals surface area contributed by atoms with Crippen LogP contribution in [-0.2, 0) is 22.9 Å². The van der Waals surface area contributed by atoms with Gasteiger partial charge in [0.2, 0.25) is 0 Å². The van der Waals surface area contributed by atoms with Crippen molar-refractivity contribution in [1.82, 2.24) is 15.0 Å². The van der Waals surface area contributed by atoms with E-state index < -0.39 is 10.0 Å². The van der Waals surface area contributed by atoms with Gasteiger partial charge in [-0.3, -0.25) is 4.72 Å². The minimum atomic E-state index is -3.65. The number of hydrogen-bond donors (Lipinski definition) is 2. The molecule has 0 saturated heterocycles. The molecule has 0 fully saturated rings. The first kappa shape index (κ1) is 19.4. The maximum absolute atomic E-state index is 12.4. The highest BCUT2D eigenvalue weighted by molar-refractivity contribution is 7.93. The summed E-state index contributed by atoms with van der Waals surface area (Å²) in [4.78, 5) is 11.9. The standard InChI is InChI=1S/C21H20N4O2S2/c1-15-4-2-3-5-16(15)6-9-18-14-23-20(24-18)17-7-10-19(11-8-17)29(26,27)25-21-22-12-13-28-21/h2-5,7-8,10-14H,6,9H2,1H3,(H,22,25)(H,23,24). The van der Waals surface area contributed by atoms with Crippen molar-refractivity contribution >= 4 is 26.5 Å². The molecule has 0 amide bonds. The van der Waals surface area contributed by atoms with Crippen LogP contribution in [0.5, 0.6) is 0 Å². The van der Waals surface area contributed by atoms with E-state index in [2.05, 4.69) is 44.8 Å². The Morgan fingerprint density at radius 2 is 1.83 bits per heavy atom. The molecule has 0 atom stereocenters. The Morgan fingerprint density at radius 1 is 1.03 bits per heavy atom. The average molecular weight is 425 g/mol. The van der Waals surface area contributed by atoms with Crippen molar-refractivity contribution in [2.75, 3.05) is 4.72 Å². The van der Waals surface area contributed by atoms with Crippen LogP contribution in [0.3, 0.4) is 0 Å². The molecule has 2 N–H and O–H groups in total. The summed E-state index contributed by atoms with van der Waals surface area (Å²) in [6, 6.07) is 15.0. The predicted octanol–water partition coefficient (Wildman–Crippen LogP) is 4.43. The summed E-state index contributed by atoms with van der Waals surface area (Å²) in [6.07, 6.45) is 5.19. The van der Waals surface area contributed by atoms with Crippen molar-refractivity contribution in [2.45, 2.75) is 24.7 Å². The fourth-order valence-electron chi connectivity index (χ4n) is 3.03. The molecule has 6 nitrogen and oxygen atoms in total. The van der Waals surface area contributed by atoms with Crippen molar-refractivity contribution in [2.24, 2.45) is 0 Å². The van der Waals surface area contributed by atoms with Crippen LogP contribution in [0.15, 0.2) is 71.2 Å². The number of aromatic nitrogens is 3. The zero-order valence-corrected chi connectivity index (χ0v) is 17.4. The Hall–Kier alpha value is -2.97. The van der Waals surface area contributed by atoms with E-state index in [9.17, 15) is 8.42 Å². The van der Waals surface area contributed by atoms with E-state index in [1.807, 2.05) is 12.3 Å². The molecule has 148 valence electrons. The Balaban J connectivity index is 1.45.